The van der Waals surface area contributed by atoms with Gasteiger partial charge >= 0.3 is 0 Å². The topological polar surface area (TPSA) is 51.8 Å². The van der Waals surface area contributed by atoms with Crippen molar-refractivity contribution in [1.82, 2.24) is 15.1 Å². The van der Waals surface area contributed by atoms with Gasteiger partial charge < -0.3 is 4.52 Å². The monoisotopic (exact) mass is 325 g/mol. The van der Waals surface area contributed by atoms with Crippen LogP contribution in [0.3, 0.4) is 0 Å². The smallest absolute Gasteiger partial charge is 0.226 e. The molecule has 2 aromatic heterocycles. The Morgan fingerprint density at radius 2 is 1.91 bits per heavy atom. The Morgan fingerprint density at radius 1 is 1.09 bits per heavy atom. The van der Waals surface area contributed by atoms with E-state index < -0.39 is 0 Å². The van der Waals surface area contributed by atoms with Gasteiger partial charge in [0.2, 0.25) is 11.7 Å². The molecule has 2 heterocycles. The van der Waals surface area contributed by atoms with Crippen molar-refractivity contribution in [1.29, 1.82) is 0 Å². The van der Waals surface area contributed by atoms with Gasteiger partial charge in [-0.15, -0.1) is 11.8 Å². The van der Waals surface area contributed by atoms with Crippen LogP contribution in [-0.4, -0.2) is 20.9 Å². The number of thioether (sulfide) groups is 1. The highest BCUT2D eigenvalue weighted by molar-refractivity contribution is 7.99. The molecule has 0 N–H and O–H groups in total. The third kappa shape index (κ3) is 4.20. The molecule has 4 nitrogen and oxygen atoms in total. The van der Waals surface area contributed by atoms with Gasteiger partial charge in [-0.05, 0) is 49.8 Å². The van der Waals surface area contributed by atoms with Gasteiger partial charge in [0.1, 0.15) is 0 Å². The number of aromatic nitrogens is 3. The second kappa shape index (κ2) is 7.42. The van der Waals surface area contributed by atoms with E-state index in [1.807, 2.05) is 23.9 Å². The predicted octanol–water partition coefficient (Wildman–Crippen LogP) is 4.47. The molecule has 118 valence electrons. The van der Waals surface area contributed by atoms with E-state index in [0.717, 1.165) is 24.2 Å². The van der Waals surface area contributed by atoms with E-state index in [-0.39, 0.29) is 0 Å². The zero-order valence-electron chi connectivity index (χ0n) is 13.3. The van der Waals surface area contributed by atoms with Crippen molar-refractivity contribution in [3.8, 4) is 11.4 Å². The van der Waals surface area contributed by atoms with Gasteiger partial charge in [-0.3, -0.25) is 4.98 Å². The lowest BCUT2D eigenvalue weighted by Gasteiger charge is -2.05. The number of rotatable bonds is 6. The van der Waals surface area contributed by atoms with Crippen LogP contribution in [0.2, 0.25) is 0 Å². The Bertz CT molecular complexity index is 771. The fraction of sp³-hybridized carbons (Fsp3) is 0.278. The minimum Gasteiger partial charge on any atom is -0.339 e. The predicted molar refractivity (Wildman–Crippen MR) is 92.5 cm³/mol. The highest BCUT2D eigenvalue weighted by Crippen LogP contribution is 2.24. The molecule has 0 radical (unpaired) electrons. The summed E-state index contributed by atoms with van der Waals surface area (Å²) in [5, 5.41) is 4.03. The summed E-state index contributed by atoms with van der Waals surface area (Å²) in [5.74, 6) is 2.36. The molecule has 0 fully saturated rings. The zero-order valence-corrected chi connectivity index (χ0v) is 14.1. The maximum Gasteiger partial charge on any atom is 0.226 e. The first kappa shape index (κ1) is 15.7. The molecule has 0 aliphatic heterocycles. The van der Waals surface area contributed by atoms with Gasteiger partial charge in [0.05, 0.1) is 0 Å². The first-order valence-electron chi connectivity index (χ1n) is 7.65. The molecule has 3 aromatic rings. The molecule has 0 amide bonds. The fourth-order valence-corrected chi connectivity index (χ4v) is 3.30. The molecular formula is C18H19N3OS. The highest BCUT2D eigenvalue weighted by Gasteiger charge is 2.08. The third-order valence-electron chi connectivity index (χ3n) is 3.53. The third-order valence-corrected chi connectivity index (χ3v) is 4.79. The Kier molecular flexibility index (Phi) is 5.08. The van der Waals surface area contributed by atoms with Crippen LogP contribution in [-0.2, 0) is 6.42 Å². The first-order chi connectivity index (χ1) is 11.2. The lowest BCUT2D eigenvalue weighted by molar-refractivity contribution is 0.378. The SMILES string of the molecule is Cc1ccc(SCCCc2nc(-c3ccncc3)no2)c(C)c1. The van der Waals surface area contributed by atoms with E-state index in [9.17, 15) is 0 Å². The second-order valence-electron chi connectivity index (χ2n) is 5.47. The van der Waals surface area contributed by atoms with E-state index in [4.69, 9.17) is 4.52 Å². The van der Waals surface area contributed by atoms with E-state index >= 15 is 0 Å². The average Bonchev–Trinajstić information content (AvgIpc) is 3.03. The molecule has 0 bridgehead atoms. The van der Waals surface area contributed by atoms with Crippen molar-refractivity contribution in [2.24, 2.45) is 0 Å². The summed E-state index contributed by atoms with van der Waals surface area (Å²) in [6.45, 7) is 4.28. The molecule has 1 aromatic carbocycles. The van der Waals surface area contributed by atoms with Crippen LogP contribution in [0.1, 0.15) is 23.4 Å². The van der Waals surface area contributed by atoms with Gasteiger partial charge in [-0.2, -0.15) is 4.98 Å². The van der Waals surface area contributed by atoms with Crippen molar-refractivity contribution in [3.05, 3.63) is 59.7 Å². The number of nitrogens with zero attached hydrogens (tertiary/aromatic N) is 3. The molecule has 0 aliphatic carbocycles. The van der Waals surface area contributed by atoms with Crippen molar-refractivity contribution in [2.45, 2.75) is 31.6 Å². The second-order valence-corrected chi connectivity index (χ2v) is 6.61. The van der Waals surface area contributed by atoms with Gasteiger partial charge in [0.25, 0.3) is 0 Å². The summed E-state index contributed by atoms with van der Waals surface area (Å²) < 4.78 is 5.32. The van der Waals surface area contributed by atoms with Crippen LogP contribution in [0.15, 0.2) is 52.1 Å². The van der Waals surface area contributed by atoms with Crippen LogP contribution < -0.4 is 0 Å². The van der Waals surface area contributed by atoms with E-state index in [0.29, 0.717) is 11.7 Å². The van der Waals surface area contributed by atoms with Crippen LogP contribution in [0.5, 0.6) is 0 Å². The van der Waals surface area contributed by atoms with E-state index in [2.05, 4.69) is 47.2 Å². The molecule has 0 saturated heterocycles. The van der Waals surface area contributed by atoms with Gasteiger partial charge in [0.15, 0.2) is 0 Å². The number of hydrogen-bond donors (Lipinski definition) is 0. The normalized spacial score (nSPS) is 10.9. The summed E-state index contributed by atoms with van der Waals surface area (Å²) in [6, 6.07) is 10.3. The van der Waals surface area contributed by atoms with Crippen molar-refractivity contribution >= 4 is 11.8 Å². The fourth-order valence-electron chi connectivity index (χ4n) is 2.34. The largest absolute Gasteiger partial charge is 0.339 e. The van der Waals surface area contributed by atoms with Crippen LogP contribution >= 0.6 is 11.8 Å². The lowest BCUT2D eigenvalue weighted by atomic mass is 10.2. The quantitative estimate of drug-likeness (QED) is 0.494. The molecule has 0 atom stereocenters. The molecule has 0 saturated carbocycles. The molecule has 23 heavy (non-hydrogen) atoms. The number of pyridine rings is 1. The molecule has 0 spiro atoms. The van der Waals surface area contributed by atoms with Gasteiger partial charge in [0, 0.05) is 29.3 Å². The van der Waals surface area contributed by atoms with Gasteiger partial charge in [-0.1, -0.05) is 22.9 Å². The Morgan fingerprint density at radius 3 is 2.70 bits per heavy atom. The van der Waals surface area contributed by atoms with E-state index in [1.54, 1.807) is 12.4 Å². The molecule has 0 aliphatic rings. The van der Waals surface area contributed by atoms with Crippen LogP contribution in [0, 0.1) is 13.8 Å². The van der Waals surface area contributed by atoms with Gasteiger partial charge in [-0.25, -0.2) is 0 Å². The number of hydrogen-bond acceptors (Lipinski definition) is 5. The van der Waals surface area contributed by atoms with Crippen molar-refractivity contribution in [2.75, 3.05) is 5.75 Å². The van der Waals surface area contributed by atoms with Crippen molar-refractivity contribution in [3.63, 3.8) is 0 Å². The standard InChI is InChI=1S/C18H19N3OS/c1-13-5-6-16(14(2)12-13)23-11-3-4-17-20-18(21-22-17)15-7-9-19-10-8-15/h5-10,12H,3-4,11H2,1-2H3. The van der Waals surface area contributed by atoms with E-state index in [1.165, 1.54) is 16.0 Å². The first-order valence-corrected chi connectivity index (χ1v) is 8.64. The summed E-state index contributed by atoms with van der Waals surface area (Å²) in [7, 11) is 0. The molecule has 0 unspecified atom stereocenters. The van der Waals surface area contributed by atoms with Crippen molar-refractivity contribution < 1.29 is 4.52 Å². The maximum atomic E-state index is 5.32. The summed E-state index contributed by atoms with van der Waals surface area (Å²) in [6.07, 6.45) is 5.27. The Hall–Kier alpha value is -2.14. The van der Waals surface area contributed by atoms with Crippen LogP contribution in [0.25, 0.3) is 11.4 Å². The highest BCUT2D eigenvalue weighted by atomic mass is 32.2. The Labute approximate surface area is 140 Å². The zero-order chi connectivity index (χ0) is 16.1. The minimum absolute atomic E-state index is 0.629. The number of aryl methyl sites for hydroxylation is 3. The maximum absolute atomic E-state index is 5.32. The summed E-state index contributed by atoms with van der Waals surface area (Å²) in [4.78, 5) is 9.78. The van der Waals surface area contributed by atoms with Crippen LogP contribution in [0.4, 0.5) is 0 Å². The summed E-state index contributed by atoms with van der Waals surface area (Å²) >= 11 is 1.88. The minimum atomic E-state index is 0.629. The Balaban J connectivity index is 1.50. The number of benzene rings is 1. The molecule has 3 rings (SSSR count). The summed E-state index contributed by atoms with van der Waals surface area (Å²) in [5.41, 5.74) is 3.58. The average molecular weight is 325 g/mol. The lowest BCUT2D eigenvalue weighted by Crippen LogP contribution is -1.90. The molecular weight excluding hydrogens is 306 g/mol. The molecule has 5 heteroatoms.